The number of rotatable bonds is 4. The lowest BCUT2D eigenvalue weighted by Gasteiger charge is -2.44. The number of benzene rings is 1. The van der Waals surface area contributed by atoms with Crippen LogP contribution in [0.15, 0.2) is 24.3 Å². The maximum absolute atomic E-state index is 12.5. The van der Waals surface area contributed by atoms with Gasteiger partial charge in [0.25, 0.3) is 0 Å². The van der Waals surface area contributed by atoms with Crippen molar-refractivity contribution in [3.63, 3.8) is 0 Å². The van der Waals surface area contributed by atoms with Gasteiger partial charge in [-0.15, -0.1) is 0 Å². The van der Waals surface area contributed by atoms with E-state index in [2.05, 4.69) is 0 Å². The van der Waals surface area contributed by atoms with Crippen LogP contribution in [0.4, 0.5) is 5.69 Å². The van der Waals surface area contributed by atoms with Gasteiger partial charge in [-0.1, -0.05) is 12.1 Å². The van der Waals surface area contributed by atoms with Crippen molar-refractivity contribution in [3.05, 3.63) is 29.8 Å². The number of carbonyl (C=O) groups excluding carboxylic acids is 3. The van der Waals surface area contributed by atoms with Crippen molar-refractivity contribution in [1.29, 1.82) is 0 Å². The predicted molar refractivity (Wildman–Crippen MR) is 92.1 cm³/mol. The molecule has 1 saturated carbocycles. The van der Waals surface area contributed by atoms with E-state index in [0.717, 1.165) is 11.3 Å². The van der Waals surface area contributed by atoms with E-state index >= 15 is 0 Å². The maximum Gasteiger partial charge on any atom is 0.146 e. The normalized spacial score (nSPS) is 30.1. The molecule has 1 fully saturated rings. The molecule has 0 radical (unpaired) electrons. The molecule has 5 nitrogen and oxygen atoms in total. The lowest BCUT2D eigenvalue weighted by atomic mass is 9.60. The molecule has 1 N–H and O–H groups in total. The Morgan fingerprint density at radius 2 is 1.67 bits per heavy atom. The van der Waals surface area contributed by atoms with Crippen molar-refractivity contribution in [1.82, 2.24) is 0 Å². The molecule has 1 aromatic rings. The van der Waals surface area contributed by atoms with Crippen molar-refractivity contribution in [3.8, 4) is 0 Å². The minimum atomic E-state index is -1.44. The lowest BCUT2D eigenvalue weighted by Crippen LogP contribution is -2.53. The molecule has 0 bridgehead atoms. The van der Waals surface area contributed by atoms with E-state index in [4.69, 9.17) is 0 Å². The summed E-state index contributed by atoms with van der Waals surface area (Å²) in [6, 6.07) is 7.44. The first-order valence-electron chi connectivity index (χ1n) is 8.09. The zero-order valence-electron chi connectivity index (χ0n) is 14.9. The van der Waals surface area contributed by atoms with Crippen molar-refractivity contribution in [2.24, 2.45) is 11.8 Å². The topological polar surface area (TPSA) is 74.7 Å². The number of anilines is 1. The highest BCUT2D eigenvalue weighted by Gasteiger charge is 2.53. The Labute approximate surface area is 142 Å². The number of Topliss-reactive ketones (excluding diaryl/α,β-unsaturated/α-hetero) is 3. The Kier molecular flexibility index (Phi) is 4.95. The van der Waals surface area contributed by atoms with E-state index in [1.54, 1.807) is 0 Å². The van der Waals surface area contributed by atoms with Gasteiger partial charge in [-0.3, -0.25) is 14.4 Å². The molecule has 5 heteroatoms. The molecule has 2 rings (SSSR count). The van der Waals surface area contributed by atoms with Crippen LogP contribution in [0.25, 0.3) is 0 Å². The Bertz CT molecular complexity index is 660. The number of carbonyl (C=O) groups is 3. The van der Waals surface area contributed by atoms with Crippen LogP contribution < -0.4 is 4.90 Å². The van der Waals surface area contributed by atoms with E-state index in [-0.39, 0.29) is 23.8 Å². The fourth-order valence-electron chi connectivity index (χ4n) is 3.90. The number of aliphatic hydroxyl groups is 1. The molecule has 24 heavy (non-hydrogen) atoms. The van der Waals surface area contributed by atoms with Gasteiger partial charge >= 0.3 is 0 Å². The fraction of sp³-hybridized carbons (Fsp3) is 0.526. The number of hydrogen-bond acceptors (Lipinski definition) is 5. The Morgan fingerprint density at radius 3 is 2.08 bits per heavy atom. The van der Waals surface area contributed by atoms with Crippen LogP contribution in [0, 0.1) is 11.8 Å². The third kappa shape index (κ3) is 3.26. The van der Waals surface area contributed by atoms with Crippen molar-refractivity contribution in [2.75, 3.05) is 19.0 Å². The van der Waals surface area contributed by atoms with Crippen LogP contribution in [0.5, 0.6) is 0 Å². The molecular formula is C19H25NO4. The van der Waals surface area contributed by atoms with Gasteiger partial charge in [-0.2, -0.15) is 0 Å². The summed E-state index contributed by atoms with van der Waals surface area (Å²) < 4.78 is 0. The molecule has 0 spiro atoms. The van der Waals surface area contributed by atoms with Gasteiger partial charge in [-0.05, 0) is 38.5 Å². The highest BCUT2D eigenvalue weighted by molar-refractivity contribution is 6.05. The van der Waals surface area contributed by atoms with Crippen molar-refractivity contribution >= 4 is 23.0 Å². The molecule has 130 valence electrons. The predicted octanol–water partition coefficient (Wildman–Crippen LogP) is 1.97. The molecule has 0 saturated heterocycles. The molecule has 4 atom stereocenters. The average Bonchev–Trinajstić information content (AvgIpc) is 2.44. The summed E-state index contributed by atoms with van der Waals surface area (Å²) in [5.74, 6) is -3.07. The molecular weight excluding hydrogens is 306 g/mol. The molecule has 0 amide bonds. The Morgan fingerprint density at radius 1 is 1.12 bits per heavy atom. The zero-order chi connectivity index (χ0) is 18.2. The number of hydrogen-bond donors (Lipinski definition) is 1. The van der Waals surface area contributed by atoms with Gasteiger partial charge in [0.2, 0.25) is 0 Å². The number of nitrogens with zero attached hydrogens (tertiary/aromatic N) is 1. The zero-order valence-corrected chi connectivity index (χ0v) is 14.9. The van der Waals surface area contributed by atoms with E-state index < -0.39 is 23.4 Å². The van der Waals surface area contributed by atoms with Gasteiger partial charge in [0, 0.05) is 32.1 Å². The molecule has 0 unspecified atom stereocenters. The summed E-state index contributed by atoms with van der Waals surface area (Å²) in [5.41, 5.74) is 0.264. The first-order chi connectivity index (χ1) is 11.1. The lowest BCUT2D eigenvalue weighted by molar-refractivity contribution is -0.151. The summed E-state index contributed by atoms with van der Waals surface area (Å²) in [7, 11) is 3.83. The van der Waals surface area contributed by atoms with Gasteiger partial charge < -0.3 is 10.0 Å². The van der Waals surface area contributed by atoms with E-state index in [0.29, 0.717) is 0 Å². The van der Waals surface area contributed by atoms with Crippen molar-refractivity contribution in [2.45, 2.75) is 38.7 Å². The monoisotopic (exact) mass is 331 g/mol. The van der Waals surface area contributed by atoms with Crippen molar-refractivity contribution < 1.29 is 19.5 Å². The van der Waals surface area contributed by atoms with E-state index in [9.17, 15) is 19.5 Å². The summed E-state index contributed by atoms with van der Waals surface area (Å²) in [6.07, 6.45) is -0.173. The average molecular weight is 331 g/mol. The minimum Gasteiger partial charge on any atom is -0.389 e. The van der Waals surface area contributed by atoms with E-state index in [1.165, 1.54) is 20.8 Å². The third-order valence-electron chi connectivity index (χ3n) is 4.94. The molecule has 1 aromatic carbocycles. The van der Waals surface area contributed by atoms with Crippen LogP contribution in [0.3, 0.4) is 0 Å². The van der Waals surface area contributed by atoms with Crippen LogP contribution in [0.2, 0.25) is 0 Å². The van der Waals surface area contributed by atoms with Crippen LogP contribution >= 0.6 is 0 Å². The second-order valence-corrected chi connectivity index (χ2v) is 7.19. The molecule has 1 aliphatic rings. The van der Waals surface area contributed by atoms with E-state index in [1.807, 2.05) is 43.3 Å². The highest BCUT2D eigenvalue weighted by Crippen LogP contribution is 2.46. The Hall–Kier alpha value is -2.01. The molecule has 1 aliphatic carbocycles. The first-order valence-corrected chi connectivity index (χ1v) is 8.09. The van der Waals surface area contributed by atoms with Crippen LogP contribution in [0.1, 0.15) is 38.7 Å². The largest absolute Gasteiger partial charge is 0.389 e. The summed E-state index contributed by atoms with van der Waals surface area (Å²) in [5, 5.41) is 10.7. The SMILES string of the molecule is CC(=O)[C@H]1C(=O)C[C@@](C)(O)[C@@H](C(C)=O)[C@@H]1c1ccc(N(C)C)cc1. The Balaban J connectivity index is 2.58. The summed E-state index contributed by atoms with van der Waals surface area (Å²) >= 11 is 0. The first kappa shape index (κ1) is 18.3. The minimum absolute atomic E-state index is 0.173. The quantitative estimate of drug-likeness (QED) is 0.854. The highest BCUT2D eigenvalue weighted by atomic mass is 16.3. The molecule has 0 heterocycles. The van der Waals surface area contributed by atoms with Gasteiger partial charge in [0.05, 0.1) is 17.4 Å². The van der Waals surface area contributed by atoms with Crippen LogP contribution in [-0.2, 0) is 14.4 Å². The maximum atomic E-state index is 12.5. The third-order valence-corrected chi connectivity index (χ3v) is 4.94. The standard InChI is InChI=1S/C19H25NO4/c1-11(21)16-15(23)10-19(3,24)18(12(2)22)17(16)13-6-8-14(9-7-13)20(4)5/h6-9,16-18,24H,10H2,1-5H3/t16-,17+,18-,19+/m0/s1. The smallest absolute Gasteiger partial charge is 0.146 e. The van der Waals surface area contributed by atoms with Gasteiger partial charge in [0.1, 0.15) is 17.3 Å². The van der Waals surface area contributed by atoms with Gasteiger partial charge in [0.15, 0.2) is 0 Å². The summed E-state index contributed by atoms with van der Waals surface area (Å²) in [6.45, 7) is 4.29. The van der Waals surface area contributed by atoms with Crippen LogP contribution in [-0.4, -0.2) is 42.2 Å². The number of ketones is 3. The second kappa shape index (κ2) is 6.48. The summed E-state index contributed by atoms with van der Waals surface area (Å²) in [4.78, 5) is 38.8. The fourth-order valence-corrected chi connectivity index (χ4v) is 3.90. The molecule has 0 aliphatic heterocycles. The molecule has 0 aromatic heterocycles. The van der Waals surface area contributed by atoms with Gasteiger partial charge in [-0.25, -0.2) is 0 Å². The second-order valence-electron chi connectivity index (χ2n) is 7.19.